The summed E-state index contributed by atoms with van der Waals surface area (Å²) in [6.45, 7) is 0.122. The first-order valence-corrected chi connectivity index (χ1v) is 7.39. The molecule has 6 heteroatoms. The molecule has 0 aliphatic heterocycles. The van der Waals surface area contributed by atoms with Gasteiger partial charge in [0.2, 0.25) is 5.91 Å². The summed E-state index contributed by atoms with van der Waals surface area (Å²) in [5.41, 5.74) is 1.40. The number of para-hydroxylation sites is 2. The molecule has 1 amide bonds. The van der Waals surface area contributed by atoms with Gasteiger partial charge in [0.15, 0.2) is 0 Å². The average Bonchev–Trinajstić information content (AvgIpc) is 2.49. The van der Waals surface area contributed by atoms with Crippen LogP contribution in [-0.2, 0) is 4.79 Å². The van der Waals surface area contributed by atoms with Crippen molar-refractivity contribution in [3.63, 3.8) is 0 Å². The van der Waals surface area contributed by atoms with Crippen molar-refractivity contribution in [2.75, 3.05) is 24.3 Å². The van der Waals surface area contributed by atoms with Crippen molar-refractivity contribution >= 4 is 44.8 Å². The maximum Gasteiger partial charge on any atom is 0.243 e. The normalized spacial score (nSPS) is 10.0. The maximum absolute atomic E-state index is 12.0. The van der Waals surface area contributed by atoms with Crippen molar-refractivity contribution in [1.29, 1.82) is 0 Å². The summed E-state index contributed by atoms with van der Waals surface area (Å²) in [7, 11) is 1.56. The zero-order chi connectivity index (χ0) is 15.2. The van der Waals surface area contributed by atoms with Gasteiger partial charge in [-0.1, -0.05) is 29.8 Å². The monoisotopic (exact) mass is 368 g/mol. The predicted octanol–water partition coefficient (Wildman–Crippen LogP) is 4.16. The third-order valence-corrected chi connectivity index (χ3v) is 4.17. The van der Waals surface area contributed by atoms with E-state index in [0.29, 0.717) is 16.5 Å². The van der Waals surface area contributed by atoms with E-state index in [-0.39, 0.29) is 12.5 Å². The van der Waals surface area contributed by atoms with Crippen LogP contribution in [0.2, 0.25) is 5.02 Å². The van der Waals surface area contributed by atoms with Crippen LogP contribution in [-0.4, -0.2) is 19.6 Å². The van der Waals surface area contributed by atoms with Crippen molar-refractivity contribution in [3.05, 3.63) is 52.0 Å². The number of rotatable bonds is 5. The Bertz CT molecular complexity index is 649. The summed E-state index contributed by atoms with van der Waals surface area (Å²) in [6, 6.07) is 12.7. The van der Waals surface area contributed by atoms with Gasteiger partial charge in [-0.25, -0.2) is 0 Å². The molecule has 0 aliphatic carbocycles. The number of benzene rings is 2. The number of anilines is 2. The lowest BCUT2D eigenvalue weighted by atomic mass is 10.3. The molecule has 0 radical (unpaired) electrons. The molecule has 0 aliphatic rings. The quantitative estimate of drug-likeness (QED) is 0.832. The average molecular weight is 370 g/mol. The molecule has 0 unspecified atom stereocenters. The van der Waals surface area contributed by atoms with E-state index < -0.39 is 0 Å². The molecule has 0 saturated carbocycles. The molecule has 0 aromatic heterocycles. The second-order valence-electron chi connectivity index (χ2n) is 4.20. The maximum atomic E-state index is 12.0. The highest BCUT2D eigenvalue weighted by Gasteiger charge is 2.08. The number of hydrogen-bond acceptors (Lipinski definition) is 3. The number of carbonyl (C=O) groups is 1. The van der Waals surface area contributed by atoms with Gasteiger partial charge in [-0.15, -0.1) is 0 Å². The van der Waals surface area contributed by atoms with Crippen LogP contribution in [0.25, 0.3) is 0 Å². The van der Waals surface area contributed by atoms with E-state index in [4.69, 9.17) is 16.3 Å². The SMILES string of the molecule is COc1ccccc1NC(=O)CNc1cccc(Cl)c1Br. The molecule has 0 fully saturated rings. The molecule has 0 atom stereocenters. The Hall–Kier alpha value is -1.72. The van der Waals surface area contributed by atoms with Crippen LogP contribution in [0.5, 0.6) is 5.75 Å². The van der Waals surface area contributed by atoms with Gasteiger partial charge in [-0.3, -0.25) is 4.79 Å². The minimum absolute atomic E-state index is 0.122. The molecule has 4 nitrogen and oxygen atoms in total. The van der Waals surface area contributed by atoms with Crippen molar-refractivity contribution in [2.45, 2.75) is 0 Å². The molecule has 0 bridgehead atoms. The summed E-state index contributed by atoms with van der Waals surface area (Å²) in [6.07, 6.45) is 0. The van der Waals surface area contributed by atoms with E-state index in [9.17, 15) is 4.79 Å². The summed E-state index contributed by atoms with van der Waals surface area (Å²) in [5, 5.41) is 6.41. The minimum atomic E-state index is -0.175. The molecule has 21 heavy (non-hydrogen) atoms. The van der Waals surface area contributed by atoms with Gasteiger partial charge in [-0.05, 0) is 40.2 Å². The molecule has 0 saturated heterocycles. The Balaban J connectivity index is 1.98. The molecule has 2 N–H and O–H groups in total. The van der Waals surface area contributed by atoms with Crippen LogP contribution >= 0.6 is 27.5 Å². The van der Waals surface area contributed by atoms with Crippen LogP contribution in [0.1, 0.15) is 0 Å². The molecule has 2 aromatic rings. The van der Waals surface area contributed by atoms with Crippen LogP contribution in [0.15, 0.2) is 46.9 Å². The van der Waals surface area contributed by atoms with E-state index in [2.05, 4.69) is 26.6 Å². The predicted molar refractivity (Wildman–Crippen MR) is 89.3 cm³/mol. The first-order valence-electron chi connectivity index (χ1n) is 6.22. The summed E-state index contributed by atoms with van der Waals surface area (Å²) in [4.78, 5) is 12.0. The van der Waals surface area contributed by atoms with Crippen LogP contribution in [0, 0.1) is 0 Å². The van der Waals surface area contributed by atoms with Gasteiger partial charge in [0.05, 0.1) is 34.5 Å². The van der Waals surface area contributed by atoms with Crippen molar-refractivity contribution in [1.82, 2.24) is 0 Å². The Labute approximate surface area is 136 Å². The van der Waals surface area contributed by atoms with Crippen LogP contribution in [0.3, 0.4) is 0 Å². The second kappa shape index (κ2) is 7.33. The molecule has 110 valence electrons. The first kappa shape index (κ1) is 15.7. The fourth-order valence-corrected chi connectivity index (χ4v) is 2.34. The lowest BCUT2D eigenvalue weighted by molar-refractivity contribution is -0.114. The molecule has 2 rings (SSSR count). The minimum Gasteiger partial charge on any atom is -0.495 e. The summed E-state index contributed by atoms with van der Waals surface area (Å²) >= 11 is 9.37. The third kappa shape index (κ3) is 4.12. The Morgan fingerprint density at radius 1 is 1.19 bits per heavy atom. The zero-order valence-corrected chi connectivity index (χ0v) is 13.7. The standard InChI is InChI=1S/C15H14BrClN2O2/c1-21-13-8-3-2-6-11(13)19-14(20)9-18-12-7-4-5-10(17)15(12)16/h2-8,18H,9H2,1H3,(H,19,20). The first-order chi connectivity index (χ1) is 10.1. The molecule has 0 spiro atoms. The van der Waals surface area contributed by atoms with Gasteiger partial charge in [0.25, 0.3) is 0 Å². The third-order valence-electron chi connectivity index (χ3n) is 2.77. The lowest BCUT2D eigenvalue weighted by Gasteiger charge is -2.12. The van der Waals surface area contributed by atoms with Crippen molar-refractivity contribution in [3.8, 4) is 5.75 Å². The summed E-state index contributed by atoms with van der Waals surface area (Å²) in [5.74, 6) is 0.446. The van der Waals surface area contributed by atoms with E-state index >= 15 is 0 Å². The number of hydrogen-bond donors (Lipinski definition) is 2. The lowest BCUT2D eigenvalue weighted by Crippen LogP contribution is -2.22. The molecule has 2 aromatic carbocycles. The smallest absolute Gasteiger partial charge is 0.243 e. The fourth-order valence-electron chi connectivity index (χ4n) is 1.76. The van der Waals surface area contributed by atoms with Gasteiger partial charge in [0.1, 0.15) is 5.75 Å². The number of ether oxygens (including phenoxy) is 1. The van der Waals surface area contributed by atoms with Crippen molar-refractivity contribution < 1.29 is 9.53 Å². The van der Waals surface area contributed by atoms with Crippen molar-refractivity contribution in [2.24, 2.45) is 0 Å². The van der Waals surface area contributed by atoms with Gasteiger partial charge < -0.3 is 15.4 Å². The van der Waals surface area contributed by atoms with E-state index in [1.165, 1.54) is 0 Å². The van der Waals surface area contributed by atoms with E-state index in [0.717, 1.165) is 10.2 Å². The number of methoxy groups -OCH3 is 1. The van der Waals surface area contributed by atoms with E-state index in [1.54, 1.807) is 25.3 Å². The summed E-state index contributed by atoms with van der Waals surface area (Å²) < 4.78 is 5.92. The highest BCUT2D eigenvalue weighted by Crippen LogP contribution is 2.30. The highest BCUT2D eigenvalue weighted by atomic mass is 79.9. The largest absolute Gasteiger partial charge is 0.495 e. The van der Waals surface area contributed by atoms with E-state index in [1.807, 2.05) is 24.3 Å². The van der Waals surface area contributed by atoms with Crippen LogP contribution in [0.4, 0.5) is 11.4 Å². The fraction of sp³-hybridized carbons (Fsp3) is 0.133. The molecular formula is C15H14BrClN2O2. The Morgan fingerprint density at radius 2 is 1.90 bits per heavy atom. The number of amides is 1. The topological polar surface area (TPSA) is 50.4 Å². The number of halogens is 2. The Kier molecular flexibility index (Phi) is 5.47. The highest BCUT2D eigenvalue weighted by molar-refractivity contribution is 9.10. The number of carbonyl (C=O) groups excluding carboxylic acids is 1. The van der Waals surface area contributed by atoms with Crippen LogP contribution < -0.4 is 15.4 Å². The number of nitrogens with one attached hydrogen (secondary N) is 2. The Morgan fingerprint density at radius 3 is 2.67 bits per heavy atom. The van der Waals surface area contributed by atoms with Gasteiger partial charge in [-0.2, -0.15) is 0 Å². The zero-order valence-electron chi connectivity index (χ0n) is 11.3. The second-order valence-corrected chi connectivity index (χ2v) is 5.40. The van der Waals surface area contributed by atoms with Gasteiger partial charge in [0, 0.05) is 0 Å². The molecule has 0 heterocycles. The molecular weight excluding hydrogens is 356 g/mol. The van der Waals surface area contributed by atoms with Gasteiger partial charge >= 0.3 is 0 Å².